The quantitative estimate of drug-likeness (QED) is 0.839. The molecule has 1 aromatic rings. The largest absolute Gasteiger partial charge is 0.486 e. The summed E-state index contributed by atoms with van der Waals surface area (Å²) in [7, 11) is 0. The average molecular weight is 351 g/mol. The zero-order valence-corrected chi connectivity index (χ0v) is 14.7. The zero-order chi connectivity index (χ0) is 16.7. The predicted octanol–water partition coefficient (Wildman–Crippen LogP) is 2.35. The van der Waals surface area contributed by atoms with Gasteiger partial charge in [0.25, 0.3) is 0 Å². The van der Waals surface area contributed by atoms with Gasteiger partial charge in [-0.25, -0.2) is 0 Å². The smallest absolute Gasteiger partial charge is 0.227 e. The highest BCUT2D eigenvalue weighted by atomic mass is 35.5. The van der Waals surface area contributed by atoms with E-state index in [2.05, 4.69) is 11.8 Å². The number of hydrogen-bond donors (Lipinski definition) is 0. The van der Waals surface area contributed by atoms with Crippen molar-refractivity contribution in [2.24, 2.45) is 0 Å². The van der Waals surface area contributed by atoms with Crippen LogP contribution in [0.4, 0.5) is 0 Å². The van der Waals surface area contributed by atoms with Crippen molar-refractivity contribution < 1.29 is 14.3 Å². The molecule has 2 fully saturated rings. The van der Waals surface area contributed by atoms with Crippen LogP contribution in [-0.2, 0) is 11.2 Å². The molecule has 1 amide bonds. The molecule has 1 saturated heterocycles. The molecule has 6 heteroatoms. The van der Waals surface area contributed by atoms with Crippen LogP contribution in [0.5, 0.6) is 11.5 Å². The van der Waals surface area contributed by atoms with Crippen LogP contribution in [0.15, 0.2) is 12.1 Å². The van der Waals surface area contributed by atoms with Gasteiger partial charge in [0.1, 0.15) is 13.2 Å². The van der Waals surface area contributed by atoms with Crippen LogP contribution >= 0.6 is 11.6 Å². The first-order valence-electron chi connectivity index (χ1n) is 8.73. The summed E-state index contributed by atoms with van der Waals surface area (Å²) in [5.74, 6) is 1.48. The number of hydrogen-bond acceptors (Lipinski definition) is 4. The van der Waals surface area contributed by atoms with Crippen molar-refractivity contribution in [2.75, 3.05) is 32.8 Å². The minimum Gasteiger partial charge on any atom is -0.486 e. The molecule has 1 atom stereocenters. The topological polar surface area (TPSA) is 42.0 Å². The molecule has 4 rings (SSSR count). The molecule has 0 aromatic heterocycles. The van der Waals surface area contributed by atoms with E-state index in [1.807, 2.05) is 11.0 Å². The van der Waals surface area contributed by atoms with Gasteiger partial charge < -0.3 is 14.4 Å². The lowest BCUT2D eigenvalue weighted by Crippen LogP contribution is -2.54. The highest BCUT2D eigenvalue weighted by molar-refractivity contribution is 6.31. The van der Waals surface area contributed by atoms with Gasteiger partial charge in [-0.15, -0.1) is 0 Å². The van der Waals surface area contributed by atoms with E-state index in [1.165, 1.54) is 12.8 Å². The summed E-state index contributed by atoms with van der Waals surface area (Å²) in [6, 6.07) is 4.62. The maximum atomic E-state index is 12.8. The van der Waals surface area contributed by atoms with Crippen LogP contribution in [0.25, 0.3) is 0 Å². The van der Waals surface area contributed by atoms with E-state index in [-0.39, 0.29) is 11.9 Å². The summed E-state index contributed by atoms with van der Waals surface area (Å²) in [6.45, 7) is 5.96. The fourth-order valence-corrected chi connectivity index (χ4v) is 3.85. The lowest BCUT2D eigenvalue weighted by molar-refractivity contribution is -0.135. The van der Waals surface area contributed by atoms with Crippen LogP contribution in [0.3, 0.4) is 0 Å². The van der Waals surface area contributed by atoms with Crippen molar-refractivity contribution in [3.63, 3.8) is 0 Å². The van der Waals surface area contributed by atoms with Gasteiger partial charge in [0.15, 0.2) is 11.5 Å². The molecule has 1 aliphatic carbocycles. The molecule has 2 heterocycles. The third kappa shape index (κ3) is 3.20. The number of carbonyl (C=O) groups excluding carboxylic acids is 1. The van der Waals surface area contributed by atoms with E-state index in [9.17, 15) is 4.79 Å². The number of amides is 1. The number of nitrogens with zero attached hydrogens (tertiary/aromatic N) is 2. The molecule has 0 bridgehead atoms. The Labute approximate surface area is 147 Å². The maximum Gasteiger partial charge on any atom is 0.227 e. The highest BCUT2D eigenvalue weighted by Gasteiger charge is 2.35. The fraction of sp³-hybridized carbons (Fsp3) is 0.611. The van der Waals surface area contributed by atoms with E-state index in [0.29, 0.717) is 36.2 Å². The second-order valence-electron chi connectivity index (χ2n) is 6.93. The zero-order valence-electron chi connectivity index (χ0n) is 14.0. The lowest BCUT2D eigenvalue weighted by atomic mass is 10.1. The highest BCUT2D eigenvalue weighted by Crippen LogP contribution is 2.36. The average Bonchev–Trinajstić information content (AvgIpc) is 3.40. The molecule has 0 N–H and O–H groups in total. The monoisotopic (exact) mass is 350 g/mol. The van der Waals surface area contributed by atoms with Crippen LogP contribution in [0, 0.1) is 0 Å². The molecule has 0 radical (unpaired) electrons. The summed E-state index contributed by atoms with van der Waals surface area (Å²) in [4.78, 5) is 17.3. The molecular weight excluding hydrogens is 328 g/mol. The van der Waals surface area contributed by atoms with Crippen molar-refractivity contribution in [1.82, 2.24) is 9.80 Å². The van der Waals surface area contributed by atoms with Gasteiger partial charge in [-0.2, -0.15) is 0 Å². The van der Waals surface area contributed by atoms with Crippen LogP contribution < -0.4 is 9.47 Å². The van der Waals surface area contributed by atoms with Gasteiger partial charge in [0.05, 0.1) is 6.42 Å². The Morgan fingerprint density at radius 2 is 1.92 bits per heavy atom. The molecule has 5 nitrogen and oxygen atoms in total. The summed E-state index contributed by atoms with van der Waals surface area (Å²) in [5.41, 5.74) is 0.808. The second-order valence-corrected chi connectivity index (χ2v) is 7.33. The van der Waals surface area contributed by atoms with Crippen LogP contribution in [0.1, 0.15) is 25.3 Å². The SMILES string of the molecule is CC1CN(C2CC2)CCN1C(=O)Cc1cc2c(cc1Cl)OCCO2. The van der Waals surface area contributed by atoms with Gasteiger partial charge in [0, 0.05) is 42.8 Å². The number of carbonyl (C=O) groups is 1. The van der Waals surface area contributed by atoms with E-state index in [1.54, 1.807) is 6.07 Å². The number of benzene rings is 1. The molecule has 3 aliphatic rings. The van der Waals surface area contributed by atoms with Crippen molar-refractivity contribution in [2.45, 2.75) is 38.3 Å². The minimum absolute atomic E-state index is 0.136. The van der Waals surface area contributed by atoms with Gasteiger partial charge in [-0.1, -0.05) is 11.6 Å². The number of ether oxygens (including phenoxy) is 2. The Balaban J connectivity index is 1.44. The molecule has 1 aromatic carbocycles. The van der Waals surface area contributed by atoms with Crippen molar-refractivity contribution in [3.05, 3.63) is 22.7 Å². The number of rotatable bonds is 3. The lowest BCUT2D eigenvalue weighted by Gasteiger charge is -2.40. The van der Waals surface area contributed by atoms with Crippen molar-refractivity contribution in [1.29, 1.82) is 0 Å². The third-order valence-electron chi connectivity index (χ3n) is 5.10. The molecule has 1 saturated carbocycles. The molecule has 2 aliphatic heterocycles. The van der Waals surface area contributed by atoms with E-state index >= 15 is 0 Å². The summed E-state index contributed by atoms with van der Waals surface area (Å²) in [6.07, 6.45) is 2.93. The Morgan fingerprint density at radius 1 is 1.21 bits per heavy atom. The molecule has 24 heavy (non-hydrogen) atoms. The van der Waals surface area contributed by atoms with Crippen LogP contribution in [0.2, 0.25) is 5.02 Å². The molecule has 0 spiro atoms. The number of halogens is 1. The number of fused-ring (bicyclic) bond motifs is 1. The van der Waals surface area contributed by atoms with Gasteiger partial charge in [-0.05, 0) is 31.4 Å². The fourth-order valence-electron chi connectivity index (χ4n) is 3.63. The van der Waals surface area contributed by atoms with Gasteiger partial charge >= 0.3 is 0 Å². The molecule has 130 valence electrons. The van der Waals surface area contributed by atoms with Gasteiger partial charge in [0.2, 0.25) is 5.91 Å². The first kappa shape index (κ1) is 16.0. The minimum atomic E-state index is 0.136. The first-order valence-corrected chi connectivity index (χ1v) is 9.11. The standard InChI is InChI=1S/C18H23ClN2O3/c1-12-11-20(14-2-3-14)4-5-21(12)18(22)9-13-8-16-17(10-15(13)19)24-7-6-23-16/h8,10,12,14H,2-7,9,11H2,1H3. The third-order valence-corrected chi connectivity index (χ3v) is 5.45. The predicted molar refractivity (Wildman–Crippen MR) is 91.9 cm³/mol. The maximum absolute atomic E-state index is 12.8. The summed E-state index contributed by atoms with van der Waals surface area (Å²) < 4.78 is 11.1. The van der Waals surface area contributed by atoms with Crippen molar-refractivity contribution in [3.8, 4) is 11.5 Å². The molecular formula is C18H23ClN2O3. The Hall–Kier alpha value is -1.46. The number of piperazine rings is 1. The van der Waals surface area contributed by atoms with E-state index < -0.39 is 0 Å². The Morgan fingerprint density at radius 3 is 2.58 bits per heavy atom. The summed E-state index contributed by atoms with van der Waals surface area (Å²) >= 11 is 6.34. The van der Waals surface area contributed by atoms with E-state index in [4.69, 9.17) is 21.1 Å². The van der Waals surface area contributed by atoms with Crippen LogP contribution in [-0.4, -0.2) is 60.6 Å². The Bertz CT molecular complexity index is 647. The Kier molecular flexibility index (Phi) is 4.31. The van der Waals surface area contributed by atoms with Crippen molar-refractivity contribution >= 4 is 17.5 Å². The molecule has 1 unspecified atom stereocenters. The normalized spacial score (nSPS) is 24.1. The summed E-state index contributed by atoms with van der Waals surface area (Å²) in [5, 5.41) is 0.567. The van der Waals surface area contributed by atoms with Gasteiger partial charge in [-0.3, -0.25) is 9.69 Å². The van der Waals surface area contributed by atoms with E-state index in [0.717, 1.165) is 31.2 Å². The second kappa shape index (κ2) is 6.45. The first-order chi connectivity index (χ1) is 11.6.